The molecule has 0 spiro atoms. The number of benzene rings is 2. The van der Waals surface area contributed by atoms with E-state index in [4.69, 9.17) is 9.15 Å². The highest BCUT2D eigenvalue weighted by Gasteiger charge is 2.15. The van der Waals surface area contributed by atoms with E-state index in [-0.39, 0.29) is 30.0 Å². The lowest BCUT2D eigenvalue weighted by molar-refractivity contribution is -0.384. The molecule has 0 saturated carbocycles. The number of nitrogens with one attached hydrogen (secondary N) is 1. The van der Waals surface area contributed by atoms with Gasteiger partial charge in [-0.05, 0) is 61.0 Å². The Morgan fingerprint density at radius 2 is 1.75 bits per heavy atom. The fourth-order valence-electron chi connectivity index (χ4n) is 3.19. The molecule has 4 aromatic rings. The fourth-order valence-corrected chi connectivity index (χ4v) is 3.19. The lowest BCUT2D eigenvalue weighted by Crippen LogP contribution is -2.26. The molecule has 0 radical (unpaired) electrons. The summed E-state index contributed by atoms with van der Waals surface area (Å²) in [6, 6.07) is 20.7. The molecule has 0 bridgehead atoms. The van der Waals surface area contributed by atoms with Gasteiger partial charge in [0, 0.05) is 30.2 Å². The van der Waals surface area contributed by atoms with Crippen LogP contribution in [0.2, 0.25) is 0 Å². The average Bonchev–Trinajstić information content (AvgIpc) is 3.50. The lowest BCUT2D eigenvalue weighted by atomic mass is 10.1. The van der Waals surface area contributed by atoms with Crippen molar-refractivity contribution >= 4 is 11.6 Å². The SMILES string of the molecule is CC(NC(=O)c1ccc(COc2ccc([N+](=O)[O-])cc2)o1)c1ccc(-n2cccc2)cc1. The summed E-state index contributed by atoms with van der Waals surface area (Å²) in [7, 11) is 0. The Hall–Kier alpha value is -4.33. The molecule has 2 aromatic carbocycles. The topological polar surface area (TPSA) is 99.5 Å². The van der Waals surface area contributed by atoms with E-state index in [2.05, 4.69) is 5.32 Å². The summed E-state index contributed by atoms with van der Waals surface area (Å²) >= 11 is 0. The summed E-state index contributed by atoms with van der Waals surface area (Å²) in [4.78, 5) is 22.8. The molecule has 2 heterocycles. The normalized spacial score (nSPS) is 11.7. The molecule has 32 heavy (non-hydrogen) atoms. The monoisotopic (exact) mass is 431 g/mol. The Labute approximate surface area is 184 Å². The third kappa shape index (κ3) is 4.86. The van der Waals surface area contributed by atoms with Gasteiger partial charge in [0.25, 0.3) is 11.6 Å². The number of aromatic nitrogens is 1. The van der Waals surface area contributed by atoms with Gasteiger partial charge >= 0.3 is 0 Å². The molecular formula is C24H21N3O5. The van der Waals surface area contributed by atoms with Gasteiger partial charge in [-0.3, -0.25) is 14.9 Å². The smallest absolute Gasteiger partial charge is 0.287 e. The van der Waals surface area contributed by atoms with Crippen molar-refractivity contribution in [3.05, 3.63) is 112 Å². The number of nitro groups is 1. The van der Waals surface area contributed by atoms with Gasteiger partial charge in [0.2, 0.25) is 0 Å². The summed E-state index contributed by atoms with van der Waals surface area (Å²) < 4.78 is 13.2. The van der Waals surface area contributed by atoms with Crippen molar-refractivity contribution in [3.63, 3.8) is 0 Å². The summed E-state index contributed by atoms with van der Waals surface area (Å²) in [6.45, 7) is 2.01. The second-order valence-corrected chi connectivity index (χ2v) is 7.18. The van der Waals surface area contributed by atoms with Crippen LogP contribution in [-0.2, 0) is 6.61 Å². The molecule has 0 fully saturated rings. The maximum absolute atomic E-state index is 12.6. The predicted octanol–water partition coefficient (Wildman–Crippen LogP) is 5.05. The zero-order chi connectivity index (χ0) is 22.5. The Kier molecular flexibility index (Phi) is 6.03. The maximum atomic E-state index is 12.6. The quantitative estimate of drug-likeness (QED) is 0.311. The molecule has 0 aliphatic carbocycles. The predicted molar refractivity (Wildman–Crippen MR) is 118 cm³/mol. The molecule has 1 unspecified atom stereocenters. The van der Waals surface area contributed by atoms with Gasteiger partial charge in [-0.15, -0.1) is 0 Å². The fraction of sp³-hybridized carbons (Fsp3) is 0.125. The van der Waals surface area contributed by atoms with Crippen LogP contribution in [0.1, 0.15) is 34.8 Å². The first kappa shape index (κ1) is 20.9. The van der Waals surface area contributed by atoms with E-state index in [9.17, 15) is 14.9 Å². The number of rotatable bonds is 8. The Balaban J connectivity index is 1.32. The molecule has 1 amide bonds. The van der Waals surface area contributed by atoms with Crippen LogP contribution < -0.4 is 10.1 Å². The second-order valence-electron chi connectivity index (χ2n) is 7.18. The zero-order valence-electron chi connectivity index (χ0n) is 17.3. The molecule has 8 nitrogen and oxygen atoms in total. The number of furan rings is 1. The first-order chi connectivity index (χ1) is 15.5. The van der Waals surface area contributed by atoms with Crippen molar-refractivity contribution in [1.29, 1.82) is 0 Å². The second kappa shape index (κ2) is 9.22. The van der Waals surface area contributed by atoms with Crippen LogP contribution in [-0.4, -0.2) is 15.4 Å². The number of amides is 1. The minimum absolute atomic E-state index is 0.0113. The highest BCUT2D eigenvalue weighted by Crippen LogP contribution is 2.20. The number of carbonyl (C=O) groups excluding carboxylic acids is 1. The van der Waals surface area contributed by atoms with Gasteiger partial charge in [0.05, 0.1) is 11.0 Å². The van der Waals surface area contributed by atoms with Crippen LogP contribution in [0, 0.1) is 10.1 Å². The summed E-state index contributed by atoms with van der Waals surface area (Å²) in [5.74, 6) is 0.795. The Morgan fingerprint density at radius 3 is 2.41 bits per heavy atom. The molecule has 2 aromatic heterocycles. The highest BCUT2D eigenvalue weighted by atomic mass is 16.6. The molecule has 162 valence electrons. The maximum Gasteiger partial charge on any atom is 0.287 e. The molecule has 1 N–H and O–H groups in total. The first-order valence-corrected chi connectivity index (χ1v) is 10.00. The van der Waals surface area contributed by atoms with Crippen molar-refractivity contribution in [2.45, 2.75) is 19.6 Å². The number of ether oxygens (including phenoxy) is 1. The van der Waals surface area contributed by atoms with E-state index < -0.39 is 4.92 Å². The van der Waals surface area contributed by atoms with E-state index in [0.29, 0.717) is 11.5 Å². The minimum Gasteiger partial charge on any atom is -0.486 e. The molecule has 0 saturated heterocycles. The first-order valence-electron chi connectivity index (χ1n) is 10.00. The van der Waals surface area contributed by atoms with Gasteiger partial charge < -0.3 is 19.0 Å². The van der Waals surface area contributed by atoms with Crippen molar-refractivity contribution in [2.24, 2.45) is 0 Å². The summed E-state index contributed by atoms with van der Waals surface area (Å²) in [6.07, 6.45) is 3.94. The number of hydrogen-bond acceptors (Lipinski definition) is 5. The van der Waals surface area contributed by atoms with Crippen molar-refractivity contribution in [1.82, 2.24) is 9.88 Å². The lowest BCUT2D eigenvalue weighted by Gasteiger charge is -2.14. The zero-order valence-corrected chi connectivity index (χ0v) is 17.3. The third-order valence-electron chi connectivity index (χ3n) is 4.96. The van der Waals surface area contributed by atoms with E-state index >= 15 is 0 Å². The molecule has 0 aliphatic heterocycles. The number of carbonyl (C=O) groups is 1. The van der Waals surface area contributed by atoms with Gasteiger partial charge in [0.1, 0.15) is 18.1 Å². The van der Waals surface area contributed by atoms with E-state index in [1.54, 1.807) is 12.1 Å². The largest absolute Gasteiger partial charge is 0.486 e. The summed E-state index contributed by atoms with van der Waals surface area (Å²) in [5, 5.41) is 13.6. The number of nitrogens with zero attached hydrogens (tertiary/aromatic N) is 2. The molecule has 1 atom stereocenters. The van der Waals surface area contributed by atoms with Crippen molar-refractivity contribution in [3.8, 4) is 11.4 Å². The minimum atomic E-state index is -0.473. The average molecular weight is 431 g/mol. The van der Waals surface area contributed by atoms with Gasteiger partial charge in [0.15, 0.2) is 5.76 Å². The van der Waals surface area contributed by atoms with Crippen LogP contribution >= 0.6 is 0 Å². The van der Waals surface area contributed by atoms with E-state index in [1.165, 1.54) is 24.3 Å². The third-order valence-corrected chi connectivity index (χ3v) is 4.96. The van der Waals surface area contributed by atoms with Crippen molar-refractivity contribution < 1.29 is 18.9 Å². The standard InChI is InChI=1S/C24H21N3O5/c1-17(18-4-6-19(7-5-18)26-14-2-3-15-26)25-24(28)23-13-12-22(32-23)16-31-21-10-8-20(9-11-21)27(29)30/h2-15,17H,16H2,1H3,(H,25,28). The van der Waals surface area contributed by atoms with Crippen molar-refractivity contribution in [2.75, 3.05) is 0 Å². The van der Waals surface area contributed by atoms with E-state index in [1.807, 2.05) is 60.3 Å². The molecule has 4 rings (SSSR count). The number of hydrogen-bond donors (Lipinski definition) is 1. The van der Waals surface area contributed by atoms with Crippen LogP contribution in [0.25, 0.3) is 5.69 Å². The number of nitro benzene ring substituents is 1. The van der Waals surface area contributed by atoms with Gasteiger partial charge in [-0.2, -0.15) is 0 Å². The molecule has 8 heteroatoms. The van der Waals surface area contributed by atoms with Crippen LogP contribution in [0.3, 0.4) is 0 Å². The van der Waals surface area contributed by atoms with Crippen LogP contribution in [0.15, 0.2) is 89.6 Å². The highest BCUT2D eigenvalue weighted by molar-refractivity contribution is 5.91. The summed E-state index contributed by atoms with van der Waals surface area (Å²) in [5.41, 5.74) is 2.01. The van der Waals surface area contributed by atoms with Crippen LogP contribution in [0.4, 0.5) is 5.69 Å². The van der Waals surface area contributed by atoms with Gasteiger partial charge in [-0.1, -0.05) is 12.1 Å². The number of non-ortho nitro benzene ring substituents is 1. The Morgan fingerprint density at radius 1 is 1.06 bits per heavy atom. The Bertz CT molecular complexity index is 1200. The van der Waals surface area contributed by atoms with Crippen LogP contribution in [0.5, 0.6) is 5.75 Å². The van der Waals surface area contributed by atoms with E-state index in [0.717, 1.165) is 11.3 Å². The molecular weight excluding hydrogens is 410 g/mol. The molecule has 0 aliphatic rings. The van der Waals surface area contributed by atoms with Gasteiger partial charge in [-0.25, -0.2) is 0 Å².